The molecule has 0 aliphatic rings. The van der Waals surface area contributed by atoms with E-state index < -0.39 is 6.10 Å². The molecular weight excluding hydrogens is 209 g/mol. The molecule has 0 heterocycles. The number of aliphatic hydroxyl groups excluding tert-OH is 1. The Hall–Kier alpha value is -0.280. The predicted octanol–water partition coefficient (Wildman–Crippen LogP) is 2.14. The third-order valence-electron chi connectivity index (χ3n) is 1.69. The van der Waals surface area contributed by atoms with E-state index in [2.05, 4.69) is 0 Å². The van der Waals surface area contributed by atoms with Crippen molar-refractivity contribution in [2.24, 2.45) is 5.73 Å². The lowest BCUT2D eigenvalue weighted by Crippen LogP contribution is -2.06. The van der Waals surface area contributed by atoms with Gasteiger partial charge in [-0.25, -0.2) is 0 Å². The summed E-state index contributed by atoms with van der Waals surface area (Å²) in [6.07, 6.45) is 0.119. The van der Waals surface area contributed by atoms with Gasteiger partial charge in [0.25, 0.3) is 0 Å². The minimum absolute atomic E-state index is 0. The molecule has 0 aromatic heterocycles. The Morgan fingerprint density at radius 1 is 1.31 bits per heavy atom. The molecule has 0 aliphatic heterocycles. The number of hydrogen-bond donors (Lipinski definition) is 2. The Morgan fingerprint density at radius 2 is 1.85 bits per heavy atom. The minimum atomic E-state index is -0.465. The lowest BCUT2D eigenvalue weighted by molar-refractivity contribution is 0.170. The highest BCUT2D eigenvalue weighted by molar-refractivity contribution is 6.30. The van der Waals surface area contributed by atoms with Gasteiger partial charge in [-0.3, -0.25) is 0 Å². The largest absolute Gasteiger partial charge is 0.388 e. The molecule has 0 saturated carbocycles. The Morgan fingerprint density at radius 3 is 2.31 bits per heavy atom. The SMILES string of the molecule is Cl.NCCC(O)c1ccc(Cl)cc1. The van der Waals surface area contributed by atoms with E-state index in [-0.39, 0.29) is 12.4 Å². The summed E-state index contributed by atoms with van der Waals surface area (Å²) >= 11 is 5.69. The highest BCUT2D eigenvalue weighted by Crippen LogP contribution is 2.18. The Balaban J connectivity index is 0.00000144. The van der Waals surface area contributed by atoms with Crippen LogP contribution in [0.25, 0.3) is 0 Å². The molecule has 1 aromatic rings. The number of halogens is 2. The second kappa shape index (κ2) is 6.22. The van der Waals surface area contributed by atoms with Crippen molar-refractivity contribution >= 4 is 24.0 Å². The highest BCUT2D eigenvalue weighted by Gasteiger charge is 2.04. The average molecular weight is 222 g/mol. The maximum atomic E-state index is 9.49. The molecule has 1 aromatic carbocycles. The van der Waals surface area contributed by atoms with Crippen molar-refractivity contribution in [2.75, 3.05) is 6.54 Å². The van der Waals surface area contributed by atoms with E-state index in [1.165, 1.54) is 0 Å². The third-order valence-corrected chi connectivity index (χ3v) is 1.95. The smallest absolute Gasteiger partial charge is 0.0802 e. The summed E-state index contributed by atoms with van der Waals surface area (Å²) in [5, 5.41) is 10.2. The summed E-state index contributed by atoms with van der Waals surface area (Å²) in [5.74, 6) is 0. The van der Waals surface area contributed by atoms with Crippen LogP contribution in [0.5, 0.6) is 0 Å². The summed E-state index contributed by atoms with van der Waals surface area (Å²) in [6, 6.07) is 7.14. The molecule has 3 N–H and O–H groups in total. The van der Waals surface area contributed by atoms with Crippen molar-refractivity contribution < 1.29 is 5.11 Å². The first-order valence-corrected chi connectivity index (χ1v) is 4.25. The molecule has 4 heteroatoms. The zero-order chi connectivity index (χ0) is 8.97. The molecule has 1 rings (SSSR count). The van der Waals surface area contributed by atoms with Gasteiger partial charge in [-0.1, -0.05) is 23.7 Å². The Bertz CT molecular complexity index is 238. The zero-order valence-corrected chi connectivity index (χ0v) is 8.68. The van der Waals surface area contributed by atoms with Gasteiger partial charge in [-0.2, -0.15) is 0 Å². The lowest BCUT2D eigenvalue weighted by Gasteiger charge is -2.08. The van der Waals surface area contributed by atoms with Crippen molar-refractivity contribution in [3.63, 3.8) is 0 Å². The Kier molecular flexibility index (Phi) is 6.08. The second-order valence-electron chi connectivity index (χ2n) is 2.64. The average Bonchev–Trinajstić information content (AvgIpc) is 2.06. The fourth-order valence-corrected chi connectivity index (χ4v) is 1.14. The van der Waals surface area contributed by atoms with Crippen molar-refractivity contribution in [3.05, 3.63) is 34.9 Å². The van der Waals surface area contributed by atoms with Crippen LogP contribution < -0.4 is 5.73 Å². The van der Waals surface area contributed by atoms with Gasteiger partial charge in [-0.15, -0.1) is 12.4 Å². The van der Waals surface area contributed by atoms with Crippen molar-refractivity contribution in [2.45, 2.75) is 12.5 Å². The quantitative estimate of drug-likeness (QED) is 0.822. The van der Waals surface area contributed by atoms with Gasteiger partial charge < -0.3 is 10.8 Å². The maximum Gasteiger partial charge on any atom is 0.0802 e. The lowest BCUT2D eigenvalue weighted by atomic mass is 10.1. The summed E-state index contributed by atoms with van der Waals surface area (Å²) in [7, 11) is 0. The highest BCUT2D eigenvalue weighted by atomic mass is 35.5. The number of benzene rings is 1. The predicted molar refractivity (Wildman–Crippen MR) is 57.3 cm³/mol. The van der Waals surface area contributed by atoms with Gasteiger partial charge in [-0.05, 0) is 30.7 Å². The molecule has 2 nitrogen and oxygen atoms in total. The zero-order valence-electron chi connectivity index (χ0n) is 7.11. The van der Waals surface area contributed by atoms with E-state index in [9.17, 15) is 5.11 Å². The molecule has 1 atom stereocenters. The molecule has 1 unspecified atom stereocenters. The molecule has 0 radical (unpaired) electrons. The van der Waals surface area contributed by atoms with Gasteiger partial charge in [0.1, 0.15) is 0 Å². The number of hydrogen-bond acceptors (Lipinski definition) is 2. The molecular formula is C9H13Cl2NO. The fraction of sp³-hybridized carbons (Fsp3) is 0.333. The van der Waals surface area contributed by atoms with E-state index in [1.54, 1.807) is 12.1 Å². The van der Waals surface area contributed by atoms with E-state index >= 15 is 0 Å². The normalized spacial score (nSPS) is 11.9. The van der Waals surface area contributed by atoms with Crippen LogP contribution in [0, 0.1) is 0 Å². The molecule has 0 aliphatic carbocycles. The molecule has 74 valence electrons. The maximum absolute atomic E-state index is 9.49. The Labute approximate surface area is 89.1 Å². The standard InChI is InChI=1S/C9H12ClNO.ClH/c10-8-3-1-7(2-4-8)9(12)5-6-11;/h1-4,9,12H,5-6,11H2;1H. The molecule has 0 saturated heterocycles. The topological polar surface area (TPSA) is 46.2 Å². The minimum Gasteiger partial charge on any atom is -0.388 e. The van der Waals surface area contributed by atoms with E-state index in [0.717, 1.165) is 5.56 Å². The molecule has 0 fully saturated rings. The van der Waals surface area contributed by atoms with Gasteiger partial charge >= 0.3 is 0 Å². The van der Waals surface area contributed by atoms with Gasteiger partial charge in [0.05, 0.1) is 6.10 Å². The number of aliphatic hydroxyl groups is 1. The van der Waals surface area contributed by atoms with Gasteiger partial charge in [0.2, 0.25) is 0 Å². The van der Waals surface area contributed by atoms with Crippen LogP contribution in [-0.4, -0.2) is 11.7 Å². The van der Waals surface area contributed by atoms with Gasteiger partial charge in [0, 0.05) is 5.02 Å². The summed E-state index contributed by atoms with van der Waals surface area (Å²) in [5.41, 5.74) is 6.18. The molecule has 0 spiro atoms. The second-order valence-corrected chi connectivity index (χ2v) is 3.08. The van der Waals surface area contributed by atoms with Gasteiger partial charge in [0.15, 0.2) is 0 Å². The monoisotopic (exact) mass is 221 g/mol. The van der Waals surface area contributed by atoms with E-state index in [4.69, 9.17) is 17.3 Å². The molecule has 0 amide bonds. The van der Waals surface area contributed by atoms with Crippen LogP contribution in [0.3, 0.4) is 0 Å². The molecule has 0 bridgehead atoms. The van der Waals surface area contributed by atoms with Crippen LogP contribution in [-0.2, 0) is 0 Å². The summed E-state index contributed by atoms with van der Waals surface area (Å²) < 4.78 is 0. The summed E-state index contributed by atoms with van der Waals surface area (Å²) in [4.78, 5) is 0. The van der Waals surface area contributed by atoms with Crippen LogP contribution in [0.15, 0.2) is 24.3 Å². The van der Waals surface area contributed by atoms with Crippen molar-refractivity contribution in [1.82, 2.24) is 0 Å². The number of rotatable bonds is 3. The van der Waals surface area contributed by atoms with Crippen LogP contribution in [0.4, 0.5) is 0 Å². The fourth-order valence-electron chi connectivity index (χ4n) is 1.01. The summed E-state index contributed by atoms with van der Waals surface area (Å²) in [6.45, 7) is 0.490. The number of nitrogens with two attached hydrogens (primary N) is 1. The van der Waals surface area contributed by atoms with Crippen LogP contribution in [0.1, 0.15) is 18.1 Å². The first-order valence-electron chi connectivity index (χ1n) is 3.87. The third kappa shape index (κ3) is 3.96. The van der Waals surface area contributed by atoms with E-state index in [0.29, 0.717) is 18.0 Å². The van der Waals surface area contributed by atoms with E-state index in [1.807, 2.05) is 12.1 Å². The van der Waals surface area contributed by atoms with Crippen molar-refractivity contribution in [3.8, 4) is 0 Å². The van der Waals surface area contributed by atoms with Crippen LogP contribution >= 0.6 is 24.0 Å². The first kappa shape index (κ1) is 12.7. The van der Waals surface area contributed by atoms with Crippen LogP contribution in [0.2, 0.25) is 5.02 Å². The van der Waals surface area contributed by atoms with Crippen molar-refractivity contribution in [1.29, 1.82) is 0 Å². The molecule has 13 heavy (non-hydrogen) atoms. The first-order chi connectivity index (χ1) is 5.74.